The SMILES string of the molecule is CCOC1C(=O)N(C2(C(C)(C)C)C(=O)NC3(CC(NC(=O)C(CC)Oc4ccc(C)cc4C)=CC=C3Cl)C2=O)C(=O)N1Cc1ccccc1. The van der Waals surface area contributed by atoms with Crippen LogP contribution in [0.3, 0.4) is 0 Å². The minimum absolute atomic E-state index is 0.0100. The first kappa shape index (κ1) is 35.8. The van der Waals surface area contributed by atoms with E-state index < -0.39 is 58.4 Å². The molecule has 1 spiro atoms. The Labute approximate surface area is 291 Å². The van der Waals surface area contributed by atoms with Crippen molar-refractivity contribution in [3.63, 3.8) is 0 Å². The van der Waals surface area contributed by atoms with Gasteiger partial charge in [0.2, 0.25) is 6.23 Å². The summed E-state index contributed by atoms with van der Waals surface area (Å²) in [5.74, 6) is -2.34. The van der Waals surface area contributed by atoms with Crippen LogP contribution in [-0.2, 0) is 30.5 Å². The van der Waals surface area contributed by atoms with Crippen LogP contribution in [0.2, 0.25) is 0 Å². The molecular formula is C37H43ClN4O7. The van der Waals surface area contributed by atoms with E-state index in [1.807, 2.05) is 45.0 Å². The lowest BCUT2D eigenvalue weighted by Gasteiger charge is -2.43. The average Bonchev–Trinajstić information content (AvgIpc) is 3.40. The summed E-state index contributed by atoms with van der Waals surface area (Å²) < 4.78 is 11.8. The van der Waals surface area contributed by atoms with Crippen LogP contribution in [-0.4, -0.2) is 69.4 Å². The molecule has 2 aliphatic heterocycles. The van der Waals surface area contributed by atoms with Crippen molar-refractivity contribution in [2.24, 2.45) is 5.41 Å². The third kappa shape index (κ3) is 6.03. The number of ketones is 1. The lowest BCUT2D eigenvalue weighted by Crippen LogP contribution is -2.68. The van der Waals surface area contributed by atoms with Gasteiger partial charge in [-0.25, -0.2) is 9.69 Å². The third-order valence-electron chi connectivity index (χ3n) is 9.31. The Kier molecular flexibility index (Phi) is 9.82. The van der Waals surface area contributed by atoms with Crippen molar-refractivity contribution < 1.29 is 33.4 Å². The number of nitrogens with zero attached hydrogens (tertiary/aromatic N) is 2. The fraction of sp³-hybridized carbons (Fsp3) is 0.432. The van der Waals surface area contributed by atoms with Crippen LogP contribution in [0.15, 0.2) is 71.4 Å². The van der Waals surface area contributed by atoms with E-state index in [1.165, 1.54) is 11.0 Å². The summed E-state index contributed by atoms with van der Waals surface area (Å²) in [5, 5.41) is 5.61. The molecule has 11 nitrogen and oxygen atoms in total. The van der Waals surface area contributed by atoms with E-state index in [0.29, 0.717) is 17.9 Å². The predicted octanol–water partition coefficient (Wildman–Crippen LogP) is 5.04. The molecule has 2 heterocycles. The number of allylic oxidation sites excluding steroid dienone is 2. The number of carbonyl (C=O) groups is 5. The van der Waals surface area contributed by atoms with Crippen LogP contribution in [0.5, 0.6) is 5.75 Å². The lowest BCUT2D eigenvalue weighted by atomic mass is 9.66. The summed E-state index contributed by atoms with van der Waals surface area (Å²) in [7, 11) is 0. The number of carbonyl (C=O) groups excluding carboxylic acids is 5. The van der Waals surface area contributed by atoms with Gasteiger partial charge in [0.15, 0.2) is 17.4 Å². The summed E-state index contributed by atoms with van der Waals surface area (Å²) >= 11 is 6.76. The van der Waals surface area contributed by atoms with Gasteiger partial charge in [0.25, 0.3) is 17.7 Å². The minimum Gasteiger partial charge on any atom is -0.480 e. The van der Waals surface area contributed by atoms with E-state index in [0.717, 1.165) is 21.6 Å². The van der Waals surface area contributed by atoms with Crippen LogP contribution in [0.1, 0.15) is 64.2 Å². The van der Waals surface area contributed by atoms with Crippen molar-refractivity contribution >= 4 is 41.1 Å². The molecule has 4 atom stereocenters. The molecule has 0 radical (unpaired) electrons. The highest BCUT2D eigenvalue weighted by Gasteiger charge is 2.75. The molecule has 260 valence electrons. The second-order valence-corrected chi connectivity index (χ2v) is 14.1. The van der Waals surface area contributed by atoms with E-state index in [4.69, 9.17) is 21.1 Å². The predicted molar refractivity (Wildman–Crippen MR) is 183 cm³/mol. The number of imide groups is 1. The smallest absolute Gasteiger partial charge is 0.330 e. The first-order valence-corrected chi connectivity index (χ1v) is 16.8. The Hall–Kier alpha value is -4.48. The molecule has 0 bridgehead atoms. The molecule has 0 saturated carbocycles. The zero-order valence-corrected chi connectivity index (χ0v) is 29.6. The number of halogens is 1. The van der Waals surface area contributed by atoms with Crippen LogP contribution in [0.4, 0.5) is 4.79 Å². The molecule has 3 aliphatic rings. The van der Waals surface area contributed by atoms with Crippen molar-refractivity contribution in [3.8, 4) is 5.75 Å². The fourth-order valence-electron chi connectivity index (χ4n) is 6.87. The maximum absolute atomic E-state index is 15.0. The summed E-state index contributed by atoms with van der Waals surface area (Å²) in [6.45, 7) is 12.3. The Bertz CT molecular complexity index is 1750. The molecule has 4 unspecified atom stereocenters. The second-order valence-electron chi connectivity index (χ2n) is 13.7. The standard InChI is InChI=1S/C37H43ClN4O7/c1-8-26(49-27-17-15-22(3)19-23(27)4)29(43)39-25-16-18-28(38)36(20-25)32(45)37(33(46)40-36,35(5,6)7)42-30(44)31(48-9-2)41(34(42)47)21-24-13-11-10-12-14-24/h10-19,26,31H,8-9,20-21H2,1-7H3,(H,39,43)(H,40,46). The number of rotatable bonds is 10. The maximum Gasteiger partial charge on any atom is 0.330 e. The van der Waals surface area contributed by atoms with Gasteiger partial charge in [-0.05, 0) is 56.5 Å². The number of hydrogen-bond acceptors (Lipinski definition) is 7. The van der Waals surface area contributed by atoms with Gasteiger partial charge in [-0.2, -0.15) is 0 Å². The Balaban J connectivity index is 1.47. The van der Waals surface area contributed by atoms with Crippen LogP contribution >= 0.6 is 11.6 Å². The van der Waals surface area contributed by atoms with E-state index in [-0.39, 0.29) is 24.6 Å². The van der Waals surface area contributed by atoms with Gasteiger partial charge >= 0.3 is 6.03 Å². The van der Waals surface area contributed by atoms with Crippen molar-refractivity contribution in [3.05, 3.63) is 88.1 Å². The van der Waals surface area contributed by atoms with Gasteiger partial charge in [-0.15, -0.1) is 0 Å². The zero-order valence-electron chi connectivity index (χ0n) is 28.9. The summed E-state index contributed by atoms with van der Waals surface area (Å²) in [6, 6.07) is 13.9. The first-order chi connectivity index (χ1) is 23.1. The molecule has 5 amide bonds. The van der Waals surface area contributed by atoms with Crippen molar-refractivity contribution in [2.75, 3.05) is 6.61 Å². The Morgan fingerprint density at radius 1 is 1.06 bits per heavy atom. The van der Waals surface area contributed by atoms with Gasteiger partial charge in [-0.3, -0.25) is 24.1 Å². The highest BCUT2D eigenvalue weighted by atomic mass is 35.5. The molecule has 2 saturated heterocycles. The molecule has 49 heavy (non-hydrogen) atoms. The number of urea groups is 1. The molecule has 2 fully saturated rings. The molecule has 2 aromatic rings. The van der Waals surface area contributed by atoms with E-state index >= 15 is 4.79 Å². The van der Waals surface area contributed by atoms with Gasteiger partial charge in [-0.1, -0.05) is 87.3 Å². The van der Waals surface area contributed by atoms with Crippen LogP contribution in [0.25, 0.3) is 0 Å². The molecule has 1 aliphatic carbocycles. The number of aryl methyl sites for hydroxylation is 2. The summed E-state index contributed by atoms with van der Waals surface area (Å²) in [5.41, 5.74) is -2.49. The topological polar surface area (TPSA) is 134 Å². The van der Waals surface area contributed by atoms with Crippen molar-refractivity contribution in [2.45, 2.75) is 91.3 Å². The molecule has 0 aromatic heterocycles. The molecule has 2 aromatic carbocycles. The maximum atomic E-state index is 15.0. The normalized spacial score (nSPS) is 24.6. The highest BCUT2D eigenvalue weighted by molar-refractivity contribution is 6.38. The summed E-state index contributed by atoms with van der Waals surface area (Å²) in [6.07, 6.45) is 0.913. The first-order valence-electron chi connectivity index (χ1n) is 16.4. The lowest BCUT2D eigenvalue weighted by molar-refractivity contribution is -0.158. The van der Waals surface area contributed by atoms with Gasteiger partial charge in [0.1, 0.15) is 11.3 Å². The number of ether oxygens (including phenoxy) is 2. The quantitative estimate of drug-likeness (QED) is 0.264. The minimum atomic E-state index is -2.31. The van der Waals surface area contributed by atoms with Gasteiger partial charge in [0.05, 0.1) is 11.6 Å². The number of nitrogens with one attached hydrogen (secondary N) is 2. The largest absolute Gasteiger partial charge is 0.480 e. The molecule has 5 rings (SSSR count). The average molecular weight is 691 g/mol. The van der Waals surface area contributed by atoms with Gasteiger partial charge in [0, 0.05) is 24.1 Å². The molecule has 2 N–H and O–H groups in total. The molecular weight excluding hydrogens is 648 g/mol. The zero-order chi connectivity index (χ0) is 35.9. The Morgan fingerprint density at radius 2 is 1.76 bits per heavy atom. The van der Waals surface area contributed by atoms with E-state index in [1.54, 1.807) is 58.0 Å². The second kappa shape index (κ2) is 13.4. The highest BCUT2D eigenvalue weighted by Crippen LogP contribution is 2.50. The van der Waals surface area contributed by atoms with E-state index in [9.17, 15) is 19.2 Å². The Morgan fingerprint density at radius 3 is 2.37 bits per heavy atom. The van der Waals surface area contributed by atoms with Crippen molar-refractivity contribution in [1.29, 1.82) is 0 Å². The molecule has 12 heteroatoms. The van der Waals surface area contributed by atoms with Crippen molar-refractivity contribution in [1.82, 2.24) is 20.4 Å². The fourth-order valence-corrected chi connectivity index (χ4v) is 7.13. The number of amides is 5. The van der Waals surface area contributed by atoms with E-state index in [2.05, 4.69) is 10.6 Å². The number of benzene rings is 2. The number of Topliss-reactive ketones (excluding diaryl/α,β-unsaturated/α-hetero) is 1. The van der Waals surface area contributed by atoms with Gasteiger partial charge < -0.3 is 20.1 Å². The third-order valence-corrected chi connectivity index (χ3v) is 9.75. The van der Waals surface area contributed by atoms with Crippen LogP contribution in [0, 0.1) is 19.3 Å². The van der Waals surface area contributed by atoms with Crippen LogP contribution < -0.4 is 15.4 Å². The monoisotopic (exact) mass is 690 g/mol. The number of hydrogen-bond donors (Lipinski definition) is 2. The summed E-state index contributed by atoms with van der Waals surface area (Å²) in [4.78, 5) is 73.4.